The number of aromatic nitrogens is 2. The standard InChI is InChI=1S/C23H22N6/c1-23(2,25)19-5-3-17(4-6-19)22-18(13-24)14-29(16-27-22)21-9-7-20(8-10-21)28-12-11-26-15-28/h3-12,14-15H,16,25H2,1-2H3. The van der Waals surface area contributed by atoms with Crippen LogP contribution in [-0.4, -0.2) is 21.9 Å². The maximum Gasteiger partial charge on any atom is 0.115 e. The predicted molar refractivity (Wildman–Crippen MR) is 115 cm³/mol. The van der Waals surface area contributed by atoms with E-state index in [9.17, 15) is 5.26 Å². The summed E-state index contributed by atoms with van der Waals surface area (Å²) in [5, 5.41) is 9.68. The molecule has 1 aromatic heterocycles. The lowest BCUT2D eigenvalue weighted by molar-refractivity contribution is 0.554. The third-order valence-corrected chi connectivity index (χ3v) is 4.93. The van der Waals surface area contributed by atoms with E-state index < -0.39 is 5.54 Å². The fourth-order valence-corrected chi connectivity index (χ4v) is 3.26. The lowest BCUT2D eigenvalue weighted by Gasteiger charge is -2.24. The summed E-state index contributed by atoms with van der Waals surface area (Å²) in [6.45, 7) is 4.39. The minimum Gasteiger partial charge on any atom is -0.327 e. The van der Waals surface area contributed by atoms with Crippen LogP contribution in [0.15, 0.2) is 84.0 Å². The number of hydrogen-bond donors (Lipinski definition) is 1. The maximum atomic E-state index is 9.68. The molecule has 6 heteroatoms. The first-order chi connectivity index (χ1) is 14.0. The van der Waals surface area contributed by atoms with Crippen LogP contribution in [-0.2, 0) is 5.54 Å². The van der Waals surface area contributed by atoms with Gasteiger partial charge in [-0.25, -0.2) is 4.98 Å². The van der Waals surface area contributed by atoms with Crippen LogP contribution in [0.5, 0.6) is 0 Å². The Morgan fingerprint density at radius 1 is 1.03 bits per heavy atom. The van der Waals surface area contributed by atoms with Crippen molar-refractivity contribution in [3.63, 3.8) is 0 Å². The fraction of sp³-hybridized carbons (Fsp3) is 0.174. The highest BCUT2D eigenvalue weighted by molar-refractivity contribution is 6.15. The molecule has 0 atom stereocenters. The van der Waals surface area contributed by atoms with E-state index >= 15 is 0 Å². The second kappa shape index (κ2) is 7.38. The number of benzene rings is 2. The maximum absolute atomic E-state index is 9.68. The zero-order chi connectivity index (χ0) is 20.4. The average Bonchev–Trinajstić information content (AvgIpc) is 3.28. The lowest BCUT2D eigenvalue weighted by Crippen LogP contribution is -2.28. The molecule has 144 valence electrons. The Bertz CT molecular complexity index is 1090. The monoisotopic (exact) mass is 382 g/mol. The van der Waals surface area contributed by atoms with Crippen LogP contribution in [0.4, 0.5) is 5.69 Å². The Morgan fingerprint density at radius 3 is 2.31 bits per heavy atom. The van der Waals surface area contributed by atoms with Crippen molar-refractivity contribution < 1.29 is 0 Å². The third-order valence-electron chi connectivity index (χ3n) is 4.93. The van der Waals surface area contributed by atoms with Crippen molar-refractivity contribution in [1.29, 1.82) is 5.26 Å². The minimum absolute atomic E-state index is 0.402. The highest BCUT2D eigenvalue weighted by Gasteiger charge is 2.19. The van der Waals surface area contributed by atoms with Crippen molar-refractivity contribution in [2.45, 2.75) is 19.4 Å². The molecule has 2 N–H and O–H groups in total. The third kappa shape index (κ3) is 3.82. The van der Waals surface area contributed by atoms with Gasteiger partial charge in [-0.2, -0.15) is 5.26 Å². The first kappa shape index (κ1) is 18.7. The van der Waals surface area contributed by atoms with E-state index in [1.165, 1.54) is 0 Å². The molecule has 0 saturated heterocycles. The zero-order valence-corrected chi connectivity index (χ0v) is 16.4. The van der Waals surface area contributed by atoms with Gasteiger partial charge in [-0.05, 0) is 43.7 Å². The van der Waals surface area contributed by atoms with Crippen molar-refractivity contribution in [2.24, 2.45) is 10.7 Å². The fourth-order valence-electron chi connectivity index (χ4n) is 3.26. The second-order valence-electron chi connectivity index (χ2n) is 7.56. The number of hydrogen-bond acceptors (Lipinski definition) is 5. The Labute approximate surface area is 170 Å². The molecule has 2 aromatic carbocycles. The molecule has 1 aliphatic heterocycles. The summed E-state index contributed by atoms with van der Waals surface area (Å²) >= 11 is 0. The number of nitriles is 1. The topological polar surface area (TPSA) is 83.2 Å². The van der Waals surface area contributed by atoms with Crippen LogP contribution in [0.2, 0.25) is 0 Å². The van der Waals surface area contributed by atoms with Gasteiger partial charge < -0.3 is 15.2 Å². The first-order valence-corrected chi connectivity index (χ1v) is 9.37. The summed E-state index contributed by atoms with van der Waals surface area (Å²) in [5.41, 5.74) is 11.0. The molecular formula is C23H22N6. The zero-order valence-electron chi connectivity index (χ0n) is 16.4. The summed E-state index contributed by atoms with van der Waals surface area (Å²) in [6, 6.07) is 18.3. The molecule has 0 spiro atoms. The molecule has 1 aliphatic rings. The second-order valence-corrected chi connectivity index (χ2v) is 7.56. The molecule has 2 heterocycles. The summed E-state index contributed by atoms with van der Waals surface area (Å²) in [5.74, 6) is 0. The van der Waals surface area contributed by atoms with Crippen LogP contribution in [0.1, 0.15) is 25.0 Å². The Balaban J connectivity index is 1.56. The smallest absolute Gasteiger partial charge is 0.115 e. The van der Waals surface area contributed by atoms with Gasteiger partial charge in [0.15, 0.2) is 0 Å². The van der Waals surface area contributed by atoms with Gasteiger partial charge in [0.05, 0.1) is 17.6 Å². The van der Waals surface area contributed by atoms with Gasteiger partial charge in [0.25, 0.3) is 0 Å². The van der Waals surface area contributed by atoms with Crippen LogP contribution < -0.4 is 10.6 Å². The number of anilines is 1. The van der Waals surface area contributed by atoms with E-state index in [0.29, 0.717) is 18.0 Å². The van der Waals surface area contributed by atoms with Gasteiger partial charge >= 0.3 is 0 Å². The highest BCUT2D eigenvalue weighted by Crippen LogP contribution is 2.24. The van der Waals surface area contributed by atoms with Crippen molar-refractivity contribution >= 4 is 11.4 Å². The molecule has 6 nitrogen and oxygen atoms in total. The van der Waals surface area contributed by atoms with E-state index in [-0.39, 0.29) is 0 Å². The van der Waals surface area contributed by atoms with E-state index in [2.05, 4.69) is 16.0 Å². The van der Waals surface area contributed by atoms with Gasteiger partial charge in [0.1, 0.15) is 12.7 Å². The Hall–Kier alpha value is -3.69. The van der Waals surface area contributed by atoms with E-state index in [1.807, 2.05) is 84.2 Å². The minimum atomic E-state index is -0.402. The number of allylic oxidation sites excluding steroid dienone is 1. The molecule has 0 saturated carbocycles. The molecule has 0 amide bonds. The largest absolute Gasteiger partial charge is 0.327 e. The number of imidazole rings is 1. The van der Waals surface area contributed by atoms with Crippen LogP contribution in [0.25, 0.3) is 5.69 Å². The molecule has 0 unspecified atom stereocenters. The first-order valence-electron chi connectivity index (χ1n) is 9.37. The molecular weight excluding hydrogens is 360 g/mol. The van der Waals surface area contributed by atoms with Crippen molar-refractivity contribution in [2.75, 3.05) is 11.6 Å². The Morgan fingerprint density at radius 2 is 1.72 bits per heavy atom. The Kier molecular flexibility index (Phi) is 4.75. The molecule has 0 radical (unpaired) electrons. The summed E-state index contributed by atoms with van der Waals surface area (Å²) in [4.78, 5) is 10.7. The van der Waals surface area contributed by atoms with Crippen LogP contribution in [0.3, 0.4) is 0 Å². The van der Waals surface area contributed by atoms with Crippen molar-refractivity contribution in [3.05, 3.63) is 90.2 Å². The van der Waals surface area contributed by atoms with Gasteiger partial charge in [-0.3, -0.25) is 4.99 Å². The molecule has 0 aliphatic carbocycles. The van der Waals surface area contributed by atoms with E-state index in [1.54, 1.807) is 12.5 Å². The van der Waals surface area contributed by atoms with E-state index in [0.717, 1.165) is 22.5 Å². The van der Waals surface area contributed by atoms with Crippen molar-refractivity contribution in [1.82, 2.24) is 9.55 Å². The van der Waals surface area contributed by atoms with Crippen molar-refractivity contribution in [3.8, 4) is 11.8 Å². The van der Waals surface area contributed by atoms with Gasteiger partial charge in [0.2, 0.25) is 0 Å². The SMILES string of the molecule is CC(C)(N)c1ccc(C2=NCN(c3ccc(-n4ccnc4)cc3)C=C2C#N)cc1. The number of nitrogens with two attached hydrogens (primary N) is 1. The molecule has 29 heavy (non-hydrogen) atoms. The number of nitrogens with zero attached hydrogens (tertiary/aromatic N) is 5. The lowest BCUT2D eigenvalue weighted by atomic mass is 9.93. The number of rotatable bonds is 4. The van der Waals surface area contributed by atoms with Gasteiger partial charge in [-0.1, -0.05) is 24.3 Å². The normalized spacial score (nSPS) is 14.2. The summed E-state index contributed by atoms with van der Waals surface area (Å²) < 4.78 is 1.94. The molecule has 4 rings (SSSR count). The molecule has 0 fully saturated rings. The highest BCUT2D eigenvalue weighted by atomic mass is 15.2. The summed E-state index contributed by atoms with van der Waals surface area (Å²) in [6.07, 6.45) is 7.27. The van der Waals surface area contributed by atoms with Gasteiger partial charge in [-0.15, -0.1) is 0 Å². The predicted octanol–water partition coefficient (Wildman–Crippen LogP) is 3.74. The average molecular weight is 382 g/mol. The summed E-state index contributed by atoms with van der Waals surface area (Å²) in [7, 11) is 0. The molecule has 3 aromatic rings. The van der Waals surface area contributed by atoms with Crippen LogP contribution in [0, 0.1) is 11.3 Å². The van der Waals surface area contributed by atoms with E-state index in [4.69, 9.17) is 5.73 Å². The van der Waals surface area contributed by atoms with Crippen LogP contribution >= 0.6 is 0 Å². The van der Waals surface area contributed by atoms with Gasteiger partial charge in [0, 0.05) is 41.1 Å². The quantitative estimate of drug-likeness (QED) is 0.745. The molecule has 0 bridgehead atoms. The number of aliphatic imine (C=N–C) groups is 1.